The first-order valence-corrected chi connectivity index (χ1v) is 2.49. The number of carbonyl (C=O) groups is 1. The van der Waals surface area contributed by atoms with Gasteiger partial charge in [-0.3, -0.25) is 4.79 Å². The van der Waals surface area contributed by atoms with Crippen LogP contribution >= 0.6 is 24.0 Å². The van der Waals surface area contributed by atoms with Gasteiger partial charge >= 0.3 is 5.97 Å². The number of rotatable bonds is 3. The quantitative estimate of drug-likeness (QED) is 0.679. The van der Waals surface area contributed by atoms with E-state index in [4.69, 9.17) is 5.11 Å². The Bertz CT molecular complexity index is 70.7. The zero-order chi connectivity index (χ0) is 5.70. The molecule has 10 heavy (non-hydrogen) atoms. The smallest absolute Gasteiger partial charge is 0.303 e. The van der Waals surface area contributed by atoms with Crippen molar-refractivity contribution in [2.24, 2.45) is 0 Å². The second-order valence-electron chi connectivity index (χ2n) is 1.50. The van der Waals surface area contributed by atoms with Crippen molar-refractivity contribution in [1.82, 2.24) is 12.3 Å². The van der Waals surface area contributed by atoms with E-state index < -0.39 is 5.97 Å². The van der Waals surface area contributed by atoms with Gasteiger partial charge in [-0.1, -0.05) is 13.3 Å². The minimum atomic E-state index is -0.693. The zero-order valence-electron chi connectivity index (χ0n) is 6.30. The van der Waals surface area contributed by atoms with E-state index in [-0.39, 0.29) is 36.3 Å². The number of halogens is 1. The molecule has 0 rings (SSSR count). The Morgan fingerprint density at radius 1 is 1.40 bits per heavy atom. The molecular weight excluding hydrogens is 247 g/mol. The first-order valence-electron chi connectivity index (χ1n) is 2.49. The third-order valence-electron chi connectivity index (χ3n) is 0.744. The first-order chi connectivity index (χ1) is 3.27. The van der Waals surface area contributed by atoms with Crippen LogP contribution in [0.25, 0.3) is 0 Å². The molecule has 0 aromatic carbocycles. The van der Waals surface area contributed by atoms with E-state index in [1.165, 1.54) is 0 Å². The molecule has 0 unspecified atom stereocenters. The number of carboxylic acids is 1. The van der Waals surface area contributed by atoms with Crippen LogP contribution in [-0.4, -0.2) is 11.1 Å². The summed E-state index contributed by atoms with van der Waals surface area (Å²) in [6.45, 7) is 1.98. The van der Waals surface area contributed by atoms with Crippen molar-refractivity contribution < 1.29 is 9.90 Å². The second-order valence-corrected chi connectivity index (χ2v) is 1.50. The van der Waals surface area contributed by atoms with Crippen LogP contribution in [0.15, 0.2) is 0 Å². The van der Waals surface area contributed by atoms with Crippen molar-refractivity contribution in [3.8, 4) is 0 Å². The molecule has 7 N–H and O–H groups in total. The van der Waals surface area contributed by atoms with E-state index >= 15 is 0 Å². The lowest BCUT2D eigenvalue weighted by atomic mass is 10.3. The van der Waals surface area contributed by atoms with Crippen molar-refractivity contribution in [1.29, 1.82) is 0 Å². The van der Waals surface area contributed by atoms with Gasteiger partial charge in [0.05, 0.1) is 0 Å². The maximum Gasteiger partial charge on any atom is 0.303 e. The van der Waals surface area contributed by atoms with Gasteiger partial charge in [0.25, 0.3) is 0 Å². The monoisotopic (exact) mass is 264 g/mol. The fraction of sp³-hybridized carbons (Fsp3) is 0.800. The lowest BCUT2D eigenvalue weighted by Crippen LogP contribution is -1.91. The molecule has 0 amide bonds. The summed E-state index contributed by atoms with van der Waals surface area (Å²) in [6, 6.07) is 0. The molecule has 0 saturated carbocycles. The highest BCUT2D eigenvalue weighted by molar-refractivity contribution is 14.0. The molecule has 0 aliphatic rings. The number of aliphatic carboxylic acids is 1. The van der Waals surface area contributed by atoms with Crippen LogP contribution in [0, 0.1) is 0 Å². The third-order valence-corrected chi connectivity index (χ3v) is 0.744. The van der Waals surface area contributed by atoms with Gasteiger partial charge in [-0.25, -0.2) is 0 Å². The SMILES string of the molecule is CCCCC(=O)O.I.N.N. The summed E-state index contributed by atoms with van der Waals surface area (Å²) >= 11 is 0. The fourth-order valence-electron chi connectivity index (χ4n) is 0.328. The molecule has 0 spiro atoms. The Kier molecular flexibility index (Phi) is 36.1. The average Bonchev–Trinajstić information content (AvgIpc) is 1.61. The van der Waals surface area contributed by atoms with Gasteiger partial charge in [-0.05, 0) is 6.42 Å². The Morgan fingerprint density at radius 2 is 1.80 bits per heavy atom. The number of unbranched alkanes of at least 4 members (excludes halogenated alkanes) is 1. The molecule has 0 aromatic heterocycles. The maximum absolute atomic E-state index is 9.76. The molecule has 0 atom stereocenters. The number of hydrogen-bond acceptors (Lipinski definition) is 3. The van der Waals surface area contributed by atoms with Crippen molar-refractivity contribution in [2.75, 3.05) is 0 Å². The number of hydrogen-bond donors (Lipinski definition) is 3. The molecule has 0 aliphatic carbocycles. The van der Waals surface area contributed by atoms with Gasteiger partial charge in [0.1, 0.15) is 0 Å². The fourth-order valence-corrected chi connectivity index (χ4v) is 0.328. The summed E-state index contributed by atoms with van der Waals surface area (Å²) in [7, 11) is 0. The van der Waals surface area contributed by atoms with E-state index in [1.807, 2.05) is 6.92 Å². The highest BCUT2D eigenvalue weighted by Gasteiger charge is 1.90. The summed E-state index contributed by atoms with van der Waals surface area (Å²) in [5.74, 6) is -0.693. The van der Waals surface area contributed by atoms with Crippen LogP contribution in [0.5, 0.6) is 0 Å². The van der Waals surface area contributed by atoms with E-state index in [2.05, 4.69) is 0 Å². The standard InChI is InChI=1S/C5H10O2.HI.2H3N/c1-2-3-4-5(6)7;;;/h2-4H2,1H3,(H,6,7);1H;2*1H3. The molecule has 0 heterocycles. The number of carboxylic acid groups (broad SMARTS) is 1. The van der Waals surface area contributed by atoms with Crippen molar-refractivity contribution in [2.45, 2.75) is 26.2 Å². The van der Waals surface area contributed by atoms with Crippen molar-refractivity contribution >= 4 is 29.9 Å². The van der Waals surface area contributed by atoms with Crippen LogP contribution in [-0.2, 0) is 4.79 Å². The Morgan fingerprint density at radius 3 is 1.90 bits per heavy atom. The van der Waals surface area contributed by atoms with Gasteiger partial charge in [-0.2, -0.15) is 0 Å². The largest absolute Gasteiger partial charge is 0.481 e. The van der Waals surface area contributed by atoms with Crippen LogP contribution in [0.4, 0.5) is 0 Å². The maximum atomic E-state index is 9.76. The van der Waals surface area contributed by atoms with E-state index in [0.717, 1.165) is 12.8 Å². The van der Waals surface area contributed by atoms with Gasteiger partial charge < -0.3 is 17.4 Å². The topological polar surface area (TPSA) is 107 Å². The molecule has 0 bridgehead atoms. The van der Waals surface area contributed by atoms with Gasteiger partial charge in [0.2, 0.25) is 0 Å². The molecular formula is C5H17IN2O2. The highest BCUT2D eigenvalue weighted by Crippen LogP contribution is 1.91. The molecule has 0 saturated heterocycles. The predicted molar refractivity (Wildman–Crippen MR) is 52.6 cm³/mol. The van der Waals surface area contributed by atoms with Gasteiger partial charge in [-0.15, -0.1) is 24.0 Å². The average molecular weight is 264 g/mol. The summed E-state index contributed by atoms with van der Waals surface area (Å²) in [4.78, 5) is 9.76. The Labute approximate surface area is 78.6 Å². The normalized spacial score (nSPS) is 6.10. The highest BCUT2D eigenvalue weighted by atomic mass is 127. The lowest BCUT2D eigenvalue weighted by molar-refractivity contribution is -0.137. The molecule has 5 heteroatoms. The minimum Gasteiger partial charge on any atom is -0.481 e. The van der Waals surface area contributed by atoms with Crippen LogP contribution < -0.4 is 12.3 Å². The second kappa shape index (κ2) is 16.1. The van der Waals surface area contributed by atoms with Crippen molar-refractivity contribution in [3.05, 3.63) is 0 Å². The first kappa shape index (κ1) is 22.5. The Hall–Kier alpha value is 0.120. The molecule has 0 aliphatic heterocycles. The molecule has 66 valence electrons. The summed E-state index contributed by atoms with van der Waals surface area (Å²) < 4.78 is 0. The van der Waals surface area contributed by atoms with Gasteiger partial charge in [0.15, 0.2) is 0 Å². The molecule has 0 radical (unpaired) electrons. The van der Waals surface area contributed by atoms with E-state index in [1.54, 1.807) is 0 Å². The molecule has 0 fully saturated rings. The summed E-state index contributed by atoms with van der Waals surface area (Å²) in [6.07, 6.45) is 2.08. The molecule has 0 aromatic rings. The lowest BCUT2D eigenvalue weighted by Gasteiger charge is -1.85. The van der Waals surface area contributed by atoms with Crippen LogP contribution in [0.2, 0.25) is 0 Å². The van der Waals surface area contributed by atoms with Crippen molar-refractivity contribution in [3.63, 3.8) is 0 Å². The zero-order valence-corrected chi connectivity index (χ0v) is 8.63. The summed E-state index contributed by atoms with van der Waals surface area (Å²) in [5, 5.41) is 8.04. The van der Waals surface area contributed by atoms with Crippen LogP contribution in [0.1, 0.15) is 26.2 Å². The van der Waals surface area contributed by atoms with Crippen LogP contribution in [0.3, 0.4) is 0 Å². The van der Waals surface area contributed by atoms with E-state index in [0.29, 0.717) is 6.42 Å². The predicted octanol–water partition coefficient (Wildman–Crippen LogP) is 2.20. The van der Waals surface area contributed by atoms with Gasteiger partial charge in [0, 0.05) is 6.42 Å². The van der Waals surface area contributed by atoms with E-state index in [9.17, 15) is 4.79 Å². The third kappa shape index (κ3) is 24.3. The summed E-state index contributed by atoms with van der Waals surface area (Å²) in [5.41, 5.74) is 0. The minimum absolute atomic E-state index is 0. The Balaban J connectivity index is -0.0000000600. The molecule has 4 nitrogen and oxygen atoms in total.